The zero-order chi connectivity index (χ0) is 21.5. The van der Waals surface area contributed by atoms with E-state index in [1.165, 1.54) is 12.1 Å². The molecule has 2 bridgehead atoms. The number of pyridine rings is 1. The van der Waals surface area contributed by atoms with E-state index in [9.17, 15) is 19.1 Å². The van der Waals surface area contributed by atoms with Gasteiger partial charge in [-0.2, -0.15) is 0 Å². The predicted octanol–water partition coefficient (Wildman–Crippen LogP) is 3.74. The van der Waals surface area contributed by atoms with Crippen LogP contribution in [0.4, 0.5) is 4.39 Å². The first-order valence-corrected chi connectivity index (χ1v) is 10.5. The number of aromatic nitrogens is 1. The van der Waals surface area contributed by atoms with Crippen molar-refractivity contribution in [2.75, 3.05) is 13.1 Å². The molecular weight excluding hydrogens is 395 g/mol. The smallest absolute Gasteiger partial charge is 0.256 e. The fourth-order valence-corrected chi connectivity index (χ4v) is 5.17. The molecule has 1 saturated heterocycles. The van der Waals surface area contributed by atoms with Gasteiger partial charge in [0, 0.05) is 42.9 Å². The Morgan fingerprint density at radius 2 is 1.84 bits per heavy atom. The van der Waals surface area contributed by atoms with Crippen molar-refractivity contribution in [3.8, 4) is 5.75 Å². The average Bonchev–Trinajstić information content (AvgIpc) is 2.77. The second kappa shape index (κ2) is 7.69. The predicted molar refractivity (Wildman–Crippen MR) is 115 cm³/mol. The van der Waals surface area contributed by atoms with Gasteiger partial charge in [-0.25, -0.2) is 4.39 Å². The fourth-order valence-electron chi connectivity index (χ4n) is 5.17. The normalized spacial score (nSPS) is 22.1. The molecule has 3 aromatic rings. The minimum Gasteiger partial charge on any atom is -0.508 e. The number of piperidine rings is 1. The maximum absolute atomic E-state index is 14.3. The van der Waals surface area contributed by atoms with Gasteiger partial charge in [0.1, 0.15) is 11.6 Å². The average molecular weight is 418 g/mol. The molecule has 0 radical (unpaired) electrons. The fraction of sp³-hybridized carbons (Fsp3) is 0.280. The van der Waals surface area contributed by atoms with Crippen molar-refractivity contribution in [2.24, 2.45) is 5.92 Å². The molecule has 0 saturated carbocycles. The number of carbonyl (C=O) groups excluding carboxylic acids is 1. The monoisotopic (exact) mass is 418 g/mol. The summed E-state index contributed by atoms with van der Waals surface area (Å²) in [6, 6.07) is 18.9. The Balaban J connectivity index is 1.51. The van der Waals surface area contributed by atoms with Gasteiger partial charge in [-0.1, -0.05) is 36.4 Å². The molecule has 6 heteroatoms. The van der Waals surface area contributed by atoms with Crippen LogP contribution in [0, 0.1) is 11.7 Å². The van der Waals surface area contributed by atoms with E-state index in [0.717, 1.165) is 23.7 Å². The summed E-state index contributed by atoms with van der Waals surface area (Å²) in [7, 11) is 0. The number of likely N-dealkylation sites (tertiary alicyclic amines) is 1. The third-order valence-corrected chi connectivity index (χ3v) is 6.56. The van der Waals surface area contributed by atoms with Gasteiger partial charge in [-0.05, 0) is 42.5 Å². The van der Waals surface area contributed by atoms with E-state index < -0.39 is 5.82 Å². The number of benzene rings is 2. The van der Waals surface area contributed by atoms with E-state index in [1.54, 1.807) is 17.0 Å². The Bertz CT molecular complexity index is 1190. The first-order valence-electron chi connectivity index (χ1n) is 10.5. The number of phenols is 1. The quantitative estimate of drug-likeness (QED) is 0.705. The van der Waals surface area contributed by atoms with Crippen molar-refractivity contribution < 1.29 is 14.3 Å². The highest BCUT2D eigenvalue weighted by Gasteiger charge is 2.42. The molecule has 1 fully saturated rings. The van der Waals surface area contributed by atoms with Crippen LogP contribution < -0.4 is 5.56 Å². The molecule has 2 aliphatic heterocycles. The van der Waals surface area contributed by atoms with Crippen molar-refractivity contribution in [3.05, 3.63) is 99.7 Å². The molecule has 5 nitrogen and oxygen atoms in total. The minimum absolute atomic E-state index is 0.0162. The minimum atomic E-state index is -0.724. The Kier molecular flexibility index (Phi) is 4.85. The molecule has 0 aliphatic carbocycles. The second-order valence-electron chi connectivity index (χ2n) is 8.48. The molecule has 0 unspecified atom stereocenters. The van der Waals surface area contributed by atoms with Gasteiger partial charge in [0.15, 0.2) is 0 Å². The summed E-state index contributed by atoms with van der Waals surface area (Å²) in [5, 5.41) is 9.47. The van der Waals surface area contributed by atoms with Crippen LogP contribution >= 0.6 is 0 Å². The van der Waals surface area contributed by atoms with Gasteiger partial charge < -0.3 is 14.6 Å². The second-order valence-corrected chi connectivity index (χ2v) is 8.48. The lowest BCUT2D eigenvalue weighted by Gasteiger charge is -2.47. The zero-order valence-electron chi connectivity index (χ0n) is 16.9. The zero-order valence-corrected chi connectivity index (χ0v) is 16.9. The topological polar surface area (TPSA) is 62.5 Å². The number of halogens is 1. The highest BCUT2D eigenvalue weighted by Crippen LogP contribution is 2.42. The molecule has 2 aromatic carbocycles. The SMILES string of the molecule is O=C(c1ccc(O)cc1F)N1C[C@H]2C[C@@H](C1)[C@H](Cc1ccccc1)n1c2cccc1=O. The molecule has 3 heterocycles. The Hall–Kier alpha value is -3.41. The van der Waals surface area contributed by atoms with E-state index in [0.29, 0.717) is 19.5 Å². The molecule has 2 aliphatic rings. The lowest BCUT2D eigenvalue weighted by Crippen LogP contribution is -2.51. The molecule has 1 N–H and O–H groups in total. The van der Waals surface area contributed by atoms with Crippen LogP contribution in [-0.2, 0) is 6.42 Å². The molecule has 158 valence electrons. The van der Waals surface area contributed by atoms with Crippen LogP contribution in [0.1, 0.15) is 40.0 Å². The van der Waals surface area contributed by atoms with Crippen molar-refractivity contribution in [1.29, 1.82) is 0 Å². The van der Waals surface area contributed by atoms with Gasteiger partial charge in [0.05, 0.1) is 5.56 Å². The Morgan fingerprint density at radius 3 is 2.61 bits per heavy atom. The van der Waals surface area contributed by atoms with E-state index in [-0.39, 0.29) is 40.7 Å². The van der Waals surface area contributed by atoms with E-state index >= 15 is 0 Å². The number of phenolic OH excluding ortho intramolecular Hbond substituents is 1. The molecule has 3 atom stereocenters. The van der Waals surface area contributed by atoms with Crippen molar-refractivity contribution in [1.82, 2.24) is 9.47 Å². The standard InChI is InChI=1S/C25H23FN2O3/c26-21-13-19(29)9-10-20(21)25(31)27-14-17-12-18(15-27)23(11-16-5-2-1-3-6-16)28-22(17)7-4-8-24(28)30/h1-10,13,17-18,23,29H,11-12,14-15H2/t17-,18+,23+/m1/s1. The maximum Gasteiger partial charge on any atom is 0.256 e. The van der Waals surface area contributed by atoms with Crippen molar-refractivity contribution in [2.45, 2.75) is 24.8 Å². The number of aromatic hydroxyl groups is 1. The van der Waals surface area contributed by atoms with E-state index in [4.69, 9.17) is 0 Å². The number of hydrogen-bond acceptors (Lipinski definition) is 3. The molecule has 5 rings (SSSR count). The number of fused-ring (bicyclic) bond motifs is 4. The lowest BCUT2D eigenvalue weighted by atomic mass is 9.76. The summed E-state index contributed by atoms with van der Waals surface area (Å²) in [6.07, 6.45) is 1.59. The van der Waals surface area contributed by atoms with Crippen LogP contribution in [0.25, 0.3) is 0 Å². The third-order valence-electron chi connectivity index (χ3n) is 6.56. The highest BCUT2D eigenvalue weighted by atomic mass is 19.1. The summed E-state index contributed by atoms with van der Waals surface area (Å²) in [5.74, 6) is -1.18. The first kappa shape index (κ1) is 19.5. The summed E-state index contributed by atoms with van der Waals surface area (Å²) >= 11 is 0. The third kappa shape index (κ3) is 3.52. The number of carbonyl (C=O) groups is 1. The first-order chi connectivity index (χ1) is 15.0. The van der Waals surface area contributed by atoms with Crippen molar-refractivity contribution in [3.63, 3.8) is 0 Å². The van der Waals surface area contributed by atoms with E-state index in [1.807, 2.05) is 28.8 Å². The van der Waals surface area contributed by atoms with Gasteiger partial charge in [0.25, 0.3) is 11.5 Å². The summed E-state index contributed by atoms with van der Waals surface area (Å²) in [6.45, 7) is 0.908. The van der Waals surface area contributed by atoms with Gasteiger partial charge >= 0.3 is 0 Å². The van der Waals surface area contributed by atoms with Crippen LogP contribution in [-0.4, -0.2) is 33.6 Å². The number of hydrogen-bond donors (Lipinski definition) is 1. The lowest BCUT2D eigenvalue weighted by molar-refractivity contribution is 0.0524. The van der Waals surface area contributed by atoms with Crippen LogP contribution in [0.15, 0.2) is 71.5 Å². The summed E-state index contributed by atoms with van der Waals surface area (Å²) < 4.78 is 16.3. The maximum atomic E-state index is 14.3. The molecule has 31 heavy (non-hydrogen) atoms. The Labute approximate surface area is 179 Å². The molecule has 1 amide bonds. The van der Waals surface area contributed by atoms with E-state index in [2.05, 4.69) is 12.1 Å². The number of amides is 1. The molecule has 0 spiro atoms. The highest BCUT2D eigenvalue weighted by molar-refractivity contribution is 5.94. The van der Waals surface area contributed by atoms with Crippen LogP contribution in [0.5, 0.6) is 5.75 Å². The largest absolute Gasteiger partial charge is 0.508 e. The van der Waals surface area contributed by atoms with Crippen LogP contribution in [0.2, 0.25) is 0 Å². The van der Waals surface area contributed by atoms with Gasteiger partial charge in [-0.15, -0.1) is 0 Å². The Morgan fingerprint density at radius 1 is 1.03 bits per heavy atom. The number of rotatable bonds is 3. The van der Waals surface area contributed by atoms with Gasteiger partial charge in [0.2, 0.25) is 0 Å². The van der Waals surface area contributed by atoms with Gasteiger partial charge in [-0.3, -0.25) is 9.59 Å². The number of nitrogens with zero attached hydrogens (tertiary/aromatic N) is 2. The molecular formula is C25H23FN2O3. The summed E-state index contributed by atoms with van der Waals surface area (Å²) in [5.41, 5.74) is 2.02. The van der Waals surface area contributed by atoms with Crippen molar-refractivity contribution >= 4 is 5.91 Å². The summed E-state index contributed by atoms with van der Waals surface area (Å²) in [4.78, 5) is 27.7. The molecule has 1 aromatic heterocycles. The van der Waals surface area contributed by atoms with Crippen LogP contribution in [0.3, 0.4) is 0 Å².